The van der Waals surface area contributed by atoms with E-state index in [1.54, 1.807) is 6.07 Å². The number of fused-ring (bicyclic) bond motifs is 1. The summed E-state index contributed by atoms with van der Waals surface area (Å²) in [4.78, 5) is 12.3. The highest BCUT2D eigenvalue weighted by Crippen LogP contribution is 2.12. The summed E-state index contributed by atoms with van der Waals surface area (Å²) in [6.07, 6.45) is 3.76. The zero-order valence-corrected chi connectivity index (χ0v) is 12.6. The Hall–Kier alpha value is -2.70. The van der Waals surface area contributed by atoms with Gasteiger partial charge in [0.05, 0.1) is 6.04 Å². The average Bonchev–Trinajstić information content (AvgIpc) is 3.14. The molecule has 0 radical (unpaired) electrons. The van der Waals surface area contributed by atoms with Crippen molar-refractivity contribution in [3.63, 3.8) is 0 Å². The minimum absolute atomic E-state index is 0.223. The molecule has 114 valence electrons. The third-order valence-electron chi connectivity index (χ3n) is 3.46. The Morgan fingerprint density at radius 3 is 3.09 bits per heavy atom. The lowest BCUT2D eigenvalue weighted by molar-refractivity contribution is 0.0933. The second kappa shape index (κ2) is 5.97. The molecule has 7 heteroatoms. The van der Waals surface area contributed by atoms with Crippen molar-refractivity contribution < 1.29 is 4.79 Å². The predicted molar refractivity (Wildman–Crippen MR) is 81.5 cm³/mol. The first kappa shape index (κ1) is 14.2. The smallest absolute Gasteiger partial charge is 0.272 e. The van der Waals surface area contributed by atoms with Crippen LogP contribution in [0.3, 0.4) is 0 Å². The molecule has 1 unspecified atom stereocenters. The second-order valence-electron chi connectivity index (χ2n) is 5.21. The first-order valence-electron chi connectivity index (χ1n) is 7.34. The summed E-state index contributed by atoms with van der Waals surface area (Å²) in [5.41, 5.74) is 2.11. The molecule has 0 aromatic carbocycles. The van der Waals surface area contributed by atoms with E-state index >= 15 is 0 Å². The number of hydrogen-bond acceptors (Lipinski definition) is 4. The lowest BCUT2D eigenvalue weighted by atomic mass is 10.2. The summed E-state index contributed by atoms with van der Waals surface area (Å²) in [6, 6.07) is 7.19. The Morgan fingerprint density at radius 1 is 1.41 bits per heavy atom. The highest BCUT2D eigenvalue weighted by molar-refractivity contribution is 5.92. The number of amides is 1. The molecular formula is C15H18N6O. The van der Waals surface area contributed by atoms with E-state index in [9.17, 15) is 4.79 Å². The van der Waals surface area contributed by atoms with Crippen LogP contribution in [0.5, 0.6) is 0 Å². The van der Waals surface area contributed by atoms with Gasteiger partial charge in [-0.15, -0.1) is 10.2 Å². The number of nitrogens with one attached hydrogen (secondary N) is 2. The van der Waals surface area contributed by atoms with E-state index in [2.05, 4.69) is 32.6 Å². The monoisotopic (exact) mass is 298 g/mol. The van der Waals surface area contributed by atoms with Gasteiger partial charge < -0.3 is 5.32 Å². The Morgan fingerprint density at radius 2 is 2.27 bits per heavy atom. The Bertz CT molecular complexity index is 790. The van der Waals surface area contributed by atoms with E-state index in [-0.39, 0.29) is 11.9 Å². The number of nitrogens with zero attached hydrogens (tertiary/aromatic N) is 4. The Kier molecular flexibility index (Phi) is 3.86. The molecule has 22 heavy (non-hydrogen) atoms. The van der Waals surface area contributed by atoms with Gasteiger partial charge in [0.2, 0.25) is 0 Å². The summed E-state index contributed by atoms with van der Waals surface area (Å²) >= 11 is 0. The molecule has 3 rings (SSSR count). The molecule has 0 spiro atoms. The van der Waals surface area contributed by atoms with E-state index in [4.69, 9.17) is 0 Å². The summed E-state index contributed by atoms with van der Waals surface area (Å²) in [6.45, 7) is 3.96. The third kappa shape index (κ3) is 2.69. The number of aromatic nitrogens is 5. The van der Waals surface area contributed by atoms with Crippen LogP contribution < -0.4 is 5.32 Å². The molecule has 0 aliphatic heterocycles. The van der Waals surface area contributed by atoms with Gasteiger partial charge >= 0.3 is 0 Å². The molecule has 3 aromatic heterocycles. The molecule has 1 amide bonds. The van der Waals surface area contributed by atoms with E-state index < -0.39 is 0 Å². The fraction of sp³-hybridized carbons (Fsp3) is 0.333. The van der Waals surface area contributed by atoms with Crippen LogP contribution in [-0.4, -0.2) is 30.7 Å². The van der Waals surface area contributed by atoms with Gasteiger partial charge in [0.15, 0.2) is 11.5 Å². The highest BCUT2D eigenvalue weighted by Gasteiger charge is 2.18. The number of aromatic amines is 1. The fourth-order valence-corrected chi connectivity index (χ4v) is 2.37. The molecule has 3 heterocycles. The minimum Gasteiger partial charge on any atom is -0.341 e. The molecule has 0 fully saturated rings. The predicted octanol–water partition coefficient (Wildman–Crippen LogP) is 1.90. The van der Waals surface area contributed by atoms with Crippen LogP contribution in [0.4, 0.5) is 0 Å². The van der Waals surface area contributed by atoms with Gasteiger partial charge in [0, 0.05) is 11.9 Å². The second-order valence-corrected chi connectivity index (χ2v) is 5.21. The zero-order valence-electron chi connectivity index (χ0n) is 12.6. The Labute approximate surface area is 127 Å². The van der Waals surface area contributed by atoms with E-state index in [1.807, 2.05) is 35.7 Å². The molecule has 0 aliphatic carbocycles. The molecule has 3 aromatic rings. The van der Waals surface area contributed by atoms with Gasteiger partial charge in [-0.2, -0.15) is 5.10 Å². The van der Waals surface area contributed by atoms with Gasteiger partial charge in [-0.1, -0.05) is 19.4 Å². The van der Waals surface area contributed by atoms with Gasteiger partial charge in [0.1, 0.15) is 5.69 Å². The van der Waals surface area contributed by atoms with Gasteiger partial charge in [-0.25, -0.2) is 0 Å². The minimum atomic E-state index is -0.267. The molecule has 2 N–H and O–H groups in total. The number of rotatable bonds is 5. The number of carbonyl (C=O) groups excluding carboxylic acids is 1. The lowest BCUT2D eigenvalue weighted by Gasteiger charge is -2.11. The van der Waals surface area contributed by atoms with Crippen molar-refractivity contribution in [3.05, 3.63) is 47.7 Å². The maximum Gasteiger partial charge on any atom is 0.272 e. The highest BCUT2D eigenvalue weighted by atomic mass is 16.2. The van der Waals surface area contributed by atoms with Gasteiger partial charge in [-0.05, 0) is 31.5 Å². The van der Waals surface area contributed by atoms with Crippen molar-refractivity contribution in [1.29, 1.82) is 0 Å². The normalized spacial score (nSPS) is 12.5. The quantitative estimate of drug-likeness (QED) is 0.753. The first-order chi connectivity index (χ1) is 10.7. The van der Waals surface area contributed by atoms with Crippen LogP contribution in [0, 0.1) is 0 Å². The van der Waals surface area contributed by atoms with Crippen molar-refractivity contribution in [2.45, 2.75) is 32.7 Å². The fourth-order valence-electron chi connectivity index (χ4n) is 2.37. The van der Waals surface area contributed by atoms with Crippen molar-refractivity contribution in [3.8, 4) is 0 Å². The van der Waals surface area contributed by atoms with Crippen molar-refractivity contribution >= 4 is 11.6 Å². The molecule has 0 saturated heterocycles. The molecular weight excluding hydrogens is 280 g/mol. The van der Waals surface area contributed by atoms with Crippen molar-refractivity contribution in [2.75, 3.05) is 0 Å². The number of H-pyrrole nitrogens is 1. The zero-order chi connectivity index (χ0) is 15.5. The lowest BCUT2D eigenvalue weighted by Crippen LogP contribution is -2.28. The third-order valence-corrected chi connectivity index (χ3v) is 3.46. The van der Waals surface area contributed by atoms with Crippen molar-refractivity contribution in [1.82, 2.24) is 30.1 Å². The maximum atomic E-state index is 12.3. The van der Waals surface area contributed by atoms with E-state index in [1.165, 1.54) is 0 Å². The van der Waals surface area contributed by atoms with Crippen LogP contribution in [0.2, 0.25) is 0 Å². The van der Waals surface area contributed by atoms with E-state index in [0.29, 0.717) is 11.5 Å². The average molecular weight is 298 g/mol. The Balaban J connectivity index is 1.75. The summed E-state index contributed by atoms with van der Waals surface area (Å²) in [5, 5.41) is 18.1. The van der Waals surface area contributed by atoms with Crippen LogP contribution >= 0.6 is 0 Å². The van der Waals surface area contributed by atoms with Gasteiger partial charge in [-0.3, -0.25) is 14.3 Å². The van der Waals surface area contributed by atoms with Gasteiger partial charge in [0.25, 0.3) is 5.91 Å². The molecule has 1 atom stereocenters. The number of aryl methyl sites for hydroxylation is 1. The molecule has 7 nitrogen and oxygen atoms in total. The summed E-state index contributed by atoms with van der Waals surface area (Å²) < 4.78 is 1.86. The summed E-state index contributed by atoms with van der Waals surface area (Å²) in [5.74, 6) is 0.465. The SMILES string of the molecule is CCCc1cc(C(=O)NC(C)c2nnc3ccccn23)n[nH]1. The number of pyridine rings is 1. The van der Waals surface area contributed by atoms with E-state index in [0.717, 1.165) is 24.2 Å². The van der Waals surface area contributed by atoms with Crippen LogP contribution in [0.25, 0.3) is 5.65 Å². The standard InChI is InChI=1S/C15H18N6O/c1-3-6-11-9-12(18-17-11)15(22)16-10(2)14-20-19-13-7-4-5-8-21(13)14/h4-5,7-10H,3,6H2,1-2H3,(H,16,22)(H,17,18). The molecule has 0 aliphatic rings. The van der Waals surface area contributed by atoms with Crippen molar-refractivity contribution in [2.24, 2.45) is 0 Å². The first-order valence-corrected chi connectivity index (χ1v) is 7.34. The van der Waals surface area contributed by atoms with Crippen LogP contribution in [0.15, 0.2) is 30.5 Å². The summed E-state index contributed by atoms with van der Waals surface area (Å²) in [7, 11) is 0. The molecule has 0 saturated carbocycles. The number of carbonyl (C=O) groups is 1. The number of hydrogen-bond donors (Lipinski definition) is 2. The maximum absolute atomic E-state index is 12.3. The largest absolute Gasteiger partial charge is 0.341 e. The van der Waals surface area contributed by atoms with Crippen LogP contribution in [0.1, 0.15) is 48.3 Å². The molecule has 0 bridgehead atoms. The topological polar surface area (TPSA) is 88.0 Å². The van der Waals surface area contributed by atoms with Crippen LogP contribution in [-0.2, 0) is 6.42 Å².